The van der Waals surface area contributed by atoms with Crippen LogP contribution in [0.15, 0.2) is 24.3 Å². The zero-order chi connectivity index (χ0) is 19.8. The Bertz CT molecular complexity index is 777. The Balaban J connectivity index is 1.35. The van der Waals surface area contributed by atoms with Crippen molar-refractivity contribution in [1.29, 1.82) is 0 Å². The Morgan fingerprint density at radius 1 is 1.18 bits per heavy atom. The lowest BCUT2D eigenvalue weighted by Gasteiger charge is -2.26. The summed E-state index contributed by atoms with van der Waals surface area (Å²) in [5.41, 5.74) is 2.25. The van der Waals surface area contributed by atoms with Crippen LogP contribution in [0.4, 0.5) is 0 Å². The van der Waals surface area contributed by atoms with E-state index in [1.807, 2.05) is 24.3 Å². The van der Waals surface area contributed by atoms with E-state index in [0.717, 1.165) is 11.1 Å². The van der Waals surface area contributed by atoms with Crippen LogP contribution in [-0.2, 0) is 27.5 Å². The van der Waals surface area contributed by atoms with E-state index >= 15 is 0 Å². The van der Waals surface area contributed by atoms with Gasteiger partial charge in [-0.2, -0.15) is 0 Å². The molecular formula is C19H24BN3O5. The standard InChI is InChI=1S/C19H24BN3O5/c24-17(22-10-12-4-1-2-5-13(12)11-22)9-14-8-15(21-18(14)25)19(26)23-7-3-6-16(23)20(27)28/h1-2,4-5,14-16,27-28H,3,6-11H2,(H,21,25)/t14-,15-,16+/m0/s1. The summed E-state index contributed by atoms with van der Waals surface area (Å²) in [6, 6.07) is 7.19. The molecule has 2 fully saturated rings. The first-order chi connectivity index (χ1) is 13.4. The molecule has 9 heteroatoms. The average molecular weight is 385 g/mol. The van der Waals surface area contributed by atoms with Crippen LogP contribution in [0, 0.1) is 5.92 Å². The number of amides is 3. The molecule has 1 aromatic rings. The summed E-state index contributed by atoms with van der Waals surface area (Å²) in [5.74, 6) is -1.84. The highest BCUT2D eigenvalue weighted by molar-refractivity contribution is 6.43. The van der Waals surface area contributed by atoms with Crippen molar-refractivity contribution in [3.05, 3.63) is 35.4 Å². The van der Waals surface area contributed by atoms with Crippen molar-refractivity contribution >= 4 is 24.8 Å². The normalized spacial score (nSPS) is 26.4. The molecule has 3 N–H and O–H groups in total. The monoisotopic (exact) mass is 385 g/mol. The van der Waals surface area contributed by atoms with E-state index in [4.69, 9.17) is 0 Å². The first kappa shape index (κ1) is 19.0. The van der Waals surface area contributed by atoms with Crippen LogP contribution in [-0.4, -0.2) is 63.2 Å². The molecule has 0 saturated carbocycles. The molecule has 0 bridgehead atoms. The van der Waals surface area contributed by atoms with Crippen LogP contribution >= 0.6 is 0 Å². The number of rotatable bonds is 4. The van der Waals surface area contributed by atoms with Gasteiger partial charge in [0.2, 0.25) is 17.7 Å². The minimum atomic E-state index is -1.59. The molecule has 2 saturated heterocycles. The van der Waals surface area contributed by atoms with Gasteiger partial charge in [0.1, 0.15) is 6.04 Å². The number of carbonyl (C=O) groups excluding carboxylic acids is 3. The lowest BCUT2D eigenvalue weighted by atomic mass is 9.77. The van der Waals surface area contributed by atoms with Crippen LogP contribution in [0.25, 0.3) is 0 Å². The topological polar surface area (TPSA) is 110 Å². The highest BCUT2D eigenvalue weighted by atomic mass is 16.4. The van der Waals surface area contributed by atoms with E-state index in [1.165, 1.54) is 4.90 Å². The van der Waals surface area contributed by atoms with Crippen LogP contribution in [0.3, 0.4) is 0 Å². The number of carbonyl (C=O) groups is 3. The first-order valence-electron chi connectivity index (χ1n) is 9.75. The Labute approximate surface area is 163 Å². The van der Waals surface area contributed by atoms with Crippen molar-refractivity contribution in [3.8, 4) is 0 Å². The Hall–Kier alpha value is -2.39. The molecule has 0 spiro atoms. The molecular weight excluding hydrogens is 361 g/mol. The molecule has 3 aliphatic rings. The second-order valence-corrected chi connectivity index (χ2v) is 7.87. The Morgan fingerprint density at radius 3 is 2.50 bits per heavy atom. The number of nitrogens with zero attached hydrogens (tertiary/aromatic N) is 2. The minimum absolute atomic E-state index is 0.0790. The highest BCUT2D eigenvalue weighted by Gasteiger charge is 2.44. The number of benzene rings is 1. The maximum Gasteiger partial charge on any atom is 0.475 e. The molecule has 28 heavy (non-hydrogen) atoms. The van der Waals surface area contributed by atoms with Gasteiger partial charge in [0.25, 0.3) is 0 Å². The van der Waals surface area contributed by atoms with Crippen molar-refractivity contribution in [1.82, 2.24) is 15.1 Å². The van der Waals surface area contributed by atoms with E-state index in [-0.39, 0.29) is 30.6 Å². The van der Waals surface area contributed by atoms with E-state index < -0.39 is 25.0 Å². The third-order valence-electron chi connectivity index (χ3n) is 6.05. The molecule has 3 heterocycles. The predicted octanol–water partition coefficient (Wildman–Crippen LogP) is -0.573. The zero-order valence-corrected chi connectivity index (χ0v) is 15.6. The van der Waals surface area contributed by atoms with Gasteiger partial charge in [-0.15, -0.1) is 0 Å². The SMILES string of the molecule is O=C1N[C@H](C(=O)N2CCC[C@@H]2B(O)O)C[C@H]1CC(=O)N1Cc2ccccc2C1. The largest absolute Gasteiger partial charge is 0.475 e. The minimum Gasteiger partial charge on any atom is -0.426 e. The summed E-state index contributed by atoms with van der Waals surface area (Å²) < 4.78 is 0. The fourth-order valence-corrected chi connectivity index (χ4v) is 4.50. The molecule has 1 aromatic carbocycles. The Morgan fingerprint density at radius 2 is 1.86 bits per heavy atom. The fourth-order valence-electron chi connectivity index (χ4n) is 4.50. The second kappa shape index (κ2) is 7.56. The number of likely N-dealkylation sites (tertiary alicyclic amines) is 1. The van der Waals surface area contributed by atoms with Gasteiger partial charge in [0.05, 0.1) is 5.94 Å². The van der Waals surface area contributed by atoms with E-state index in [0.29, 0.717) is 32.5 Å². The quantitative estimate of drug-likeness (QED) is 0.602. The van der Waals surface area contributed by atoms with Crippen molar-refractivity contribution < 1.29 is 24.4 Å². The molecule has 148 valence electrons. The number of fused-ring (bicyclic) bond motifs is 1. The summed E-state index contributed by atoms with van der Waals surface area (Å²) in [7, 11) is -1.59. The molecule has 3 aliphatic heterocycles. The molecule has 8 nitrogen and oxygen atoms in total. The summed E-state index contributed by atoms with van der Waals surface area (Å²) in [6.45, 7) is 1.55. The average Bonchev–Trinajstić information content (AvgIpc) is 3.39. The molecule has 3 atom stereocenters. The summed E-state index contributed by atoms with van der Waals surface area (Å²) in [6.07, 6.45) is 1.57. The van der Waals surface area contributed by atoms with Crippen LogP contribution in [0.2, 0.25) is 0 Å². The summed E-state index contributed by atoms with van der Waals surface area (Å²) >= 11 is 0. The highest BCUT2D eigenvalue weighted by Crippen LogP contribution is 2.28. The van der Waals surface area contributed by atoms with Gasteiger partial charge in [-0.3, -0.25) is 14.4 Å². The van der Waals surface area contributed by atoms with Gasteiger partial charge in [-0.05, 0) is 30.4 Å². The van der Waals surface area contributed by atoms with Gasteiger partial charge in [-0.25, -0.2) is 0 Å². The van der Waals surface area contributed by atoms with Gasteiger partial charge in [0, 0.05) is 32.0 Å². The van der Waals surface area contributed by atoms with Gasteiger partial charge >= 0.3 is 7.12 Å². The predicted molar refractivity (Wildman–Crippen MR) is 100 cm³/mol. The third-order valence-corrected chi connectivity index (χ3v) is 6.05. The molecule has 0 radical (unpaired) electrons. The van der Waals surface area contributed by atoms with Crippen molar-refractivity contribution in [2.75, 3.05) is 6.54 Å². The first-order valence-corrected chi connectivity index (χ1v) is 9.75. The summed E-state index contributed by atoms with van der Waals surface area (Å²) in [4.78, 5) is 40.9. The maximum absolute atomic E-state index is 12.7. The lowest BCUT2D eigenvalue weighted by molar-refractivity contribution is -0.135. The van der Waals surface area contributed by atoms with Crippen molar-refractivity contribution in [2.45, 2.75) is 50.8 Å². The fraction of sp³-hybridized carbons (Fsp3) is 0.526. The van der Waals surface area contributed by atoms with Crippen LogP contribution in [0.5, 0.6) is 0 Å². The van der Waals surface area contributed by atoms with Crippen LogP contribution in [0.1, 0.15) is 36.8 Å². The van der Waals surface area contributed by atoms with Crippen LogP contribution < -0.4 is 5.32 Å². The molecule has 4 rings (SSSR count). The smallest absolute Gasteiger partial charge is 0.426 e. The van der Waals surface area contributed by atoms with E-state index in [9.17, 15) is 24.4 Å². The van der Waals surface area contributed by atoms with E-state index in [2.05, 4.69) is 5.32 Å². The lowest BCUT2D eigenvalue weighted by Crippen LogP contribution is -2.51. The van der Waals surface area contributed by atoms with Crippen molar-refractivity contribution in [3.63, 3.8) is 0 Å². The molecule has 0 aliphatic carbocycles. The van der Waals surface area contributed by atoms with Crippen molar-refractivity contribution in [2.24, 2.45) is 5.92 Å². The third kappa shape index (κ3) is 3.52. The summed E-state index contributed by atoms with van der Waals surface area (Å²) in [5, 5.41) is 21.6. The molecule has 0 aromatic heterocycles. The number of hydrogen-bond donors (Lipinski definition) is 3. The number of nitrogens with one attached hydrogen (secondary N) is 1. The number of hydrogen-bond acceptors (Lipinski definition) is 5. The second-order valence-electron chi connectivity index (χ2n) is 7.87. The maximum atomic E-state index is 12.7. The molecule has 0 unspecified atom stereocenters. The van der Waals surface area contributed by atoms with Gasteiger partial charge in [-0.1, -0.05) is 24.3 Å². The Kier molecular flexibility index (Phi) is 5.12. The van der Waals surface area contributed by atoms with Gasteiger partial charge < -0.3 is 25.2 Å². The van der Waals surface area contributed by atoms with E-state index in [1.54, 1.807) is 4.90 Å². The van der Waals surface area contributed by atoms with Gasteiger partial charge in [0.15, 0.2) is 0 Å². The zero-order valence-electron chi connectivity index (χ0n) is 15.6. The molecule has 3 amide bonds.